The molecule has 2 heterocycles. The van der Waals surface area contributed by atoms with Crippen LogP contribution < -0.4 is 9.80 Å². The zero-order valence-corrected chi connectivity index (χ0v) is 13.6. The molecule has 6 nitrogen and oxygen atoms in total. The summed E-state index contributed by atoms with van der Waals surface area (Å²) in [6, 6.07) is 7.55. The van der Waals surface area contributed by atoms with Crippen molar-refractivity contribution in [1.82, 2.24) is 0 Å². The molecule has 114 valence electrons. The third-order valence-electron chi connectivity index (χ3n) is 3.54. The first-order chi connectivity index (χ1) is 10.4. The zero-order chi connectivity index (χ0) is 16.0. The lowest BCUT2D eigenvalue weighted by molar-refractivity contribution is 0.239. The maximum atomic E-state index is 7.65. The van der Waals surface area contributed by atoms with E-state index in [4.69, 9.17) is 44.7 Å². The van der Waals surface area contributed by atoms with Crippen LogP contribution in [0.5, 0.6) is 0 Å². The summed E-state index contributed by atoms with van der Waals surface area (Å²) in [4.78, 5) is 4.31. The summed E-state index contributed by atoms with van der Waals surface area (Å²) in [6.45, 7) is 3.68. The topological polar surface area (TPSA) is 72.6 Å². The van der Waals surface area contributed by atoms with Gasteiger partial charge in [-0.25, -0.2) is 0 Å². The van der Waals surface area contributed by atoms with Gasteiger partial charge in [-0.3, -0.25) is 20.6 Å². The Labute approximate surface area is 138 Å². The van der Waals surface area contributed by atoms with Crippen LogP contribution in [-0.4, -0.2) is 34.2 Å². The Balaban J connectivity index is 1.88. The van der Waals surface area contributed by atoms with Crippen LogP contribution in [0, 0.1) is 10.8 Å². The predicted octanol–water partition coefficient (Wildman–Crippen LogP) is 2.66. The quantitative estimate of drug-likeness (QED) is 0.810. The van der Waals surface area contributed by atoms with Crippen molar-refractivity contribution in [3.05, 3.63) is 24.3 Å². The minimum Gasteiger partial charge on any atom is -0.452 e. The highest BCUT2D eigenvalue weighted by Crippen LogP contribution is 2.29. The molecule has 0 amide bonds. The van der Waals surface area contributed by atoms with Gasteiger partial charge >= 0.3 is 0 Å². The molecule has 2 fully saturated rings. The van der Waals surface area contributed by atoms with Gasteiger partial charge in [0.25, 0.3) is 0 Å². The molecule has 2 atom stereocenters. The molecular weight excluding hydrogens is 320 g/mol. The van der Waals surface area contributed by atoms with E-state index in [-0.39, 0.29) is 24.3 Å². The van der Waals surface area contributed by atoms with Crippen molar-refractivity contribution < 1.29 is 9.47 Å². The number of rotatable bonds is 2. The predicted molar refractivity (Wildman–Crippen MR) is 93.1 cm³/mol. The van der Waals surface area contributed by atoms with Crippen LogP contribution >= 0.6 is 24.4 Å². The van der Waals surface area contributed by atoms with Gasteiger partial charge in [0.1, 0.15) is 0 Å². The molecule has 3 rings (SSSR count). The van der Waals surface area contributed by atoms with E-state index in [1.807, 2.05) is 38.1 Å². The summed E-state index contributed by atoms with van der Waals surface area (Å²) in [6.07, 6.45) is -0.594. The molecule has 1 aromatic carbocycles. The van der Waals surface area contributed by atoms with Crippen LogP contribution in [0.4, 0.5) is 11.4 Å². The van der Waals surface area contributed by atoms with Crippen molar-refractivity contribution >= 4 is 57.6 Å². The zero-order valence-electron chi connectivity index (χ0n) is 12.0. The average molecular weight is 334 g/mol. The molecule has 0 aliphatic carbocycles. The molecule has 0 aromatic heterocycles. The Morgan fingerprint density at radius 1 is 0.818 bits per heavy atom. The molecule has 0 radical (unpaired) electrons. The van der Waals surface area contributed by atoms with Gasteiger partial charge in [-0.1, -0.05) is 24.4 Å². The smallest absolute Gasteiger partial charge is 0.244 e. The van der Waals surface area contributed by atoms with E-state index in [0.717, 1.165) is 11.4 Å². The van der Waals surface area contributed by atoms with Crippen LogP contribution in [0.2, 0.25) is 0 Å². The van der Waals surface area contributed by atoms with Crippen molar-refractivity contribution in [3.63, 3.8) is 0 Å². The molecule has 0 bridgehead atoms. The molecule has 2 aliphatic rings. The Kier molecular flexibility index (Phi) is 3.57. The summed E-state index contributed by atoms with van der Waals surface area (Å²) in [7, 11) is 0. The minimum atomic E-state index is -0.297. The fraction of sp³-hybridized carbons (Fsp3) is 0.286. The second-order valence-corrected chi connectivity index (χ2v) is 5.73. The van der Waals surface area contributed by atoms with Gasteiger partial charge in [-0.15, -0.1) is 0 Å². The maximum Gasteiger partial charge on any atom is 0.244 e. The van der Waals surface area contributed by atoms with E-state index < -0.39 is 0 Å². The Morgan fingerprint density at radius 2 is 1.14 bits per heavy atom. The first-order valence-electron chi connectivity index (χ1n) is 6.67. The highest BCUT2D eigenvalue weighted by molar-refractivity contribution is 7.82. The number of nitrogens with zero attached hydrogens (tertiary/aromatic N) is 2. The highest BCUT2D eigenvalue weighted by Gasteiger charge is 2.34. The van der Waals surface area contributed by atoms with Crippen LogP contribution in [0.15, 0.2) is 24.3 Å². The number of ether oxygens (including phenoxy) is 2. The summed E-state index contributed by atoms with van der Waals surface area (Å²) in [5.74, 6) is 0.0329. The lowest BCUT2D eigenvalue weighted by Gasteiger charge is -2.23. The molecule has 2 N–H and O–H groups in total. The Bertz CT molecular complexity index is 630. The van der Waals surface area contributed by atoms with Gasteiger partial charge in [-0.05, 0) is 38.1 Å². The fourth-order valence-corrected chi connectivity index (χ4v) is 3.13. The molecule has 0 spiro atoms. The monoisotopic (exact) mass is 334 g/mol. The number of hydrogen-bond acceptors (Lipinski definition) is 6. The molecule has 2 aliphatic heterocycles. The van der Waals surface area contributed by atoms with Gasteiger partial charge in [0.15, 0.2) is 22.4 Å². The van der Waals surface area contributed by atoms with Crippen LogP contribution in [-0.2, 0) is 9.47 Å². The third-order valence-corrected chi connectivity index (χ3v) is 4.30. The summed E-state index contributed by atoms with van der Waals surface area (Å²) >= 11 is 10.4. The van der Waals surface area contributed by atoms with E-state index >= 15 is 0 Å². The second kappa shape index (κ2) is 5.29. The van der Waals surface area contributed by atoms with E-state index in [2.05, 4.69) is 0 Å². The lowest BCUT2D eigenvalue weighted by Crippen LogP contribution is -2.32. The Hall–Kier alpha value is -2.06. The largest absolute Gasteiger partial charge is 0.452 e. The van der Waals surface area contributed by atoms with Crippen LogP contribution in [0.1, 0.15) is 13.8 Å². The summed E-state index contributed by atoms with van der Waals surface area (Å²) in [5.41, 5.74) is 1.69. The maximum absolute atomic E-state index is 7.65. The highest BCUT2D eigenvalue weighted by atomic mass is 32.1. The molecule has 2 unspecified atom stereocenters. The minimum absolute atomic E-state index is 0.0165. The summed E-state index contributed by atoms with van der Waals surface area (Å²) < 4.78 is 10.6. The van der Waals surface area contributed by atoms with E-state index in [1.165, 1.54) is 0 Å². The van der Waals surface area contributed by atoms with Crippen LogP contribution in [0.25, 0.3) is 0 Å². The van der Waals surface area contributed by atoms with E-state index in [9.17, 15) is 0 Å². The number of benzene rings is 1. The van der Waals surface area contributed by atoms with Gasteiger partial charge in [0, 0.05) is 11.4 Å². The first kappa shape index (κ1) is 14.9. The van der Waals surface area contributed by atoms with Crippen molar-refractivity contribution in [2.45, 2.75) is 26.3 Å². The molecule has 8 heteroatoms. The Morgan fingerprint density at radius 3 is 1.36 bits per heavy atom. The number of nitrogens with one attached hydrogen (secondary N) is 2. The van der Waals surface area contributed by atoms with E-state index in [1.54, 1.807) is 9.80 Å². The molecule has 22 heavy (non-hydrogen) atoms. The normalized spacial score (nSPS) is 24.8. The number of anilines is 2. The number of hydrogen-bond donors (Lipinski definition) is 2. The van der Waals surface area contributed by atoms with Crippen molar-refractivity contribution in [2.24, 2.45) is 0 Å². The standard InChI is InChI=1S/C14H14N4O2S2/c1-7-17(13(21)11(15)19-7)9-3-5-10(6-4-9)18-8(2)20-12(16)14(18)22/h3-8,15-16H,1-2H3. The second-order valence-electron chi connectivity index (χ2n) is 4.96. The third kappa shape index (κ3) is 2.24. The lowest BCUT2D eigenvalue weighted by atomic mass is 10.2. The van der Waals surface area contributed by atoms with Gasteiger partial charge in [0.05, 0.1) is 0 Å². The average Bonchev–Trinajstić information content (AvgIpc) is 2.87. The van der Waals surface area contributed by atoms with Crippen molar-refractivity contribution in [1.29, 1.82) is 10.8 Å². The first-order valence-corrected chi connectivity index (χ1v) is 7.49. The van der Waals surface area contributed by atoms with Crippen LogP contribution in [0.3, 0.4) is 0 Å². The molecule has 1 aromatic rings. The molecular formula is C14H14N4O2S2. The van der Waals surface area contributed by atoms with Gasteiger partial charge in [-0.2, -0.15) is 0 Å². The van der Waals surface area contributed by atoms with Crippen molar-refractivity contribution in [2.75, 3.05) is 9.80 Å². The fourth-order valence-electron chi connectivity index (χ4n) is 2.52. The van der Waals surface area contributed by atoms with Gasteiger partial charge < -0.3 is 9.47 Å². The van der Waals surface area contributed by atoms with Crippen molar-refractivity contribution in [3.8, 4) is 0 Å². The van der Waals surface area contributed by atoms with E-state index in [0.29, 0.717) is 9.98 Å². The van der Waals surface area contributed by atoms with Gasteiger partial charge in [0.2, 0.25) is 11.8 Å². The molecule has 2 saturated heterocycles. The molecule has 0 saturated carbocycles. The summed E-state index contributed by atoms with van der Waals surface area (Å²) in [5, 5.41) is 15.3. The number of thiocarbonyl (C=S) groups is 2. The SMILES string of the molecule is CC1OC(=N)C(=S)N1c1ccc(N2C(=S)C(=N)OC2C)cc1.